The first kappa shape index (κ1) is 22.9. The summed E-state index contributed by atoms with van der Waals surface area (Å²) in [6, 6.07) is 1.97. The number of H-pyrrole nitrogens is 2. The van der Waals surface area contributed by atoms with E-state index in [9.17, 15) is 9.90 Å². The standard InChI is InChI=1S/C19H28N6O3.CH2O2/c1-13-15(21-12-20-13)16(26)23-18(2)6-10-28-19(17(18)27)4-8-25(9-5-19)11-14-3-7-22-24-14;2-1-3/h3,7,12,17,27H,4-6,8-11H2,1-2H3,(H,20,21)(H,22,24)(H,23,26);1H,(H,2,3)/t17-,18+;/m0./s1. The molecule has 31 heavy (non-hydrogen) atoms. The predicted octanol–water partition coefficient (Wildman–Crippen LogP) is 0.447. The first-order chi connectivity index (χ1) is 14.8. The number of rotatable bonds is 4. The number of hydrogen-bond acceptors (Lipinski definition) is 7. The molecule has 2 atom stereocenters. The predicted molar refractivity (Wildman–Crippen MR) is 110 cm³/mol. The van der Waals surface area contributed by atoms with Crippen molar-refractivity contribution in [2.75, 3.05) is 19.7 Å². The number of aromatic amines is 2. The number of aromatic nitrogens is 4. The van der Waals surface area contributed by atoms with Crippen LogP contribution in [0.25, 0.3) is 0 Å². The third-order valence-electron chi connectivity index (χ3n) is 6.21. The van der Waals surface area contributed by atoms with Crippen LogP contribution < -0.4 is 5.32 Å². The van der Waals surface area contributed by atoms with E-state index in [1.807, 2.05) is 19.9 Å². The number of likely N-dealkylation sites (tertiary alicyclic amines) is 1. The molecule has 11 heteroatoms. The van der Waals surface area contributed by atoms with Gasteiger partial charge in [0.1, 0.15) is 11.8 Å². The van der Waals surface area contributed by atoms with Crippen molar-refractivity contribution in [1.29, 1.82) is 0 Å². The first-order valence-corrected chi connectivity index (χ1v) is 10.3. The molecule has 0 aromatic carbocycles. The van der Waals surface area contributed by atoms with Gasteiger partial charge in [0.15, 0.2) is 0 Å². The molecule has 0 radical (unpaired) electrons. The summed E-state index contributed by atoms with van der Waals surface area (Å²) >= 11 is 0. The molecule has 2 saturated heterocycles. The van der Waals surface area contributed by atoms with Gasteiger partial charge in [-0.1, -0.05) is 0 Å². The van der Waals surface area contributed by atoms with E-state index in [0.29, 0.717) is 24.4 Å². The van der Waals surface area contributed by atoms with Crippen LogP contribution in [0.3, 0.4) is 0 Å². The van der Waals surface area contributed by atoms with Crippen LogP contribution in [0, 0.1) is 6.92 Å². The molecule has 1 spiro atoms. The normalized spacial score (nSPS) is 25.5. The maximum absolute atomic E-state index is 12.7. The van der Waals surface area contributed by atoms with Crippen molar-refractivity contribution in [2.45, 2.75) is 56.9 Å². The molecule has 2 aromatic rings. The fourth-order valence-electron chi connectivity index (χ4n) is 4.42. The Morgan fingerprint density at radius 3 is 2.71 bits per heavy atom. The Kier molecular flexibility index (Phi) is 7.08. The Labute approximate surface area is 180 Å². The summed E-state index contributed by atoms with van der Waals surface area (Å²) in [5, 5.41) is 28.2. The molecule has 11 nitrogen and oxygen atoms in total. The number of aryl methyl sites for hydroxylation is 1. The zero-order valence-electron chi connectivity index (χ0n) is 17.8. The van der Waals surface area contributed by atoms with E-state index in [1.165, 1.54) is 6.33 Å². The number of carboxylic acid groups (broad SMARTS) is 1. The Balaban J connectivity index is 0.000000858. The average molecular weight is 434 g/mol. The van der Waals surface area contributed by atoms with Gasteiger partial charge >= 0.3 is 0 Å². The molecule has 2 aliphatic rings. The molecule has 4 rings (SSSR count). The number of imidazole rings is 1. The van der Waals surface area contributed by atoms with Gasteiger partial charge in [-0.25, -0.2) is 4.98 Å². The van der Waals surface area contributed by atoms with E-state index >= 15 is 0 Å². The van der Waals surface area contributed by atoms with E-state index in [-0.39, 0.29) is 12.4 Å². The number of nitrogens with one attached hydrogen (secondary N) is 3. The van der Waals surface area contributed by atoms with E-state index in [2.05, 4.69) is 30.4 Å². The number of piperidine rings is 1. The maximum atomic E-state index is 12.7. The Hall–Kier alpha value is -2.76. The summed E-state index contributed by atoms with van der Waals surface area (Å²) in [5.74, 6) is -0.269. The summed E-state index contributed by atoms with van der Waals surface area (Å²) in [5.41, 5.74) is 0.762. The van der Waals surface area contributed by atoms with E-state index in [4.69, 9.17) is 14.6 Å². The van der Waals surface area contributed by atoms with Crippen molar-refractivity contribution in [2.24, 2.45) is 0 Å². The summed E-state index contributed by atoms with van der Waals surface area (Å²) in [7, 11) is 0. The highest BCUT2D eigenvalue weighted by molar-refractivity contribution is 5.93. The van der Waals surface area contributed by atoms with Crippen LogP contribution in [0.4, 0.5) is 0 Å². The Morgan fingerprint density at radius 2 is 2.13 bits per heavy atom. The summed E-state index contributed by atoms with van der Waals surface area (Å²) < 4.78 is 6.12. The van der Waals surface area contributed by atoms with E-state index in [1.54, 1.807) is 6.20 Å². The van der Waals surface area contributed by atoms with Crippen molar-refractivity contribution in [3.05, 3.63) is 35.7 Å². The van der Waals surface area contributed by atoms with Crippen molar-refractivity contribution in [3.8, 4) is 0 Å². The molecule has 5 N–H and O–H groups in total. The molecule has 0 unspecified atom stereocenters. The lowest BCUT2D eigenvalue weighted by Gasteiger charge is -2.53. The van der Waals surface area contributed by atoms with Crippen LogP contribution in [0.1, 0.15) is 48.1 Å². The van der Waals surface area contributed by atoms with Gasteiger partial charge in [-0.2, -0.15) is 5.10 Å². The minimum absolute atomic E-state index is 0.250. The molecule has 2 fully saturated rings. The van der Waals surface area contributed by atoms with Crippen molar-refractivity contribution in [1.82, 2.24) is 30.4 Å². The van der Waals surface area contributed by atoms with Gasteiger partial charge in [-0.3, -0.25) is 19.6 Å². The van der Waals surface area contributed by atoms with Gasteiger partial charge < -0.3 is 25.3 Å². The quantitative estimate of drug-likeness (QED) is 0.434. The van der Waals surface area contributed by atoms with Crippen LogP contribution in [0.2, 0.25) is 0 Å². The van der Waals surface area contributed by atoms with Gasteiger partial charge in [0.2, 0.25) is 0 Å². The first-order valence-electron chi connectivity index (χ1n) is 10.3. The molecule has 1 amide bonds. The fourth-order valence-corrected chi connectivity index (χ4v) is 4.42. The van der Waals surface area contributed by atoms with Gasteiger partial charge in [0.05, 0.1) is 17.5 Å². The molecule has 0 aliphatic carbocycles. The largest absolute Gasteiger partial charge is 0.483 e. The zero-order chi connectivity index (χ0) is 22.5. The van der Waals surface area contributed by atoms with E-state index in [0.717, 1.165) is 38.2 Å². The lowest BCUT2D eigenvalue weighted by molar-refractivity contribution is -0.206. The molecule has 0 bridgehead atoms. The van der Waals surface area contributed by atoms with Crippen molar-refractivity contribution < 1.29 is 24.5 Å². The molecular formula is C20H30N6O5. The summed E-state index contributed by atoms with van der Waals surface area (Å²) in [6.45, 7) is 6.41. The minimum atomic E-state index is -0.786. The third kappa shape index (κ3) is 4.94. The van der Waals surface area contributed by atoms with Gasteiger partial charge in [0.25, 0.3) is 12.4 Å². The van der Waals surface area contributed by atoms with Crippen LogP contribution >= 0.6 is 0 Å². The highest BCUT2D eigenvalue weighted by Gasteiger charge is 2.53. The smallest absolute Gasteiger partial charge is 0.290 e. The fraction of sp³-hybridized carbons (Fsp3) is 0.600. The number of ether oxygens (including phenoxy) is 1. The summed E-state index contributed by atoms with van der Waals surface area (Å²) in [6.07, 6.45) is 4.47. The third-order valence-corrected chi connectivity index (χ3v) is 6.21. The minimum Gasteiger partial charge on any atom is -0.483 e. The lowest BCUT2D eigenvalue weighted by Crippen LogP contribution is -2.69. The second kappa shape index (κ2) is 9.58. The monoisotopic (exact) mass is 434 g/mol. The molecule has 2 aliphatic heterocycles. The number of carbonyl (C=O) groups excluding carboxylic acids is 1. The maximum Gasteiger partial charge on any atom is 0.290 e. The number of aliphatic hydroxyl groups excluding tert-OH is 1. The molecule has 170 valence electrons. The van der Waals surface area contributed by atoms with Gasteiger partial charge in [-0.05, 0) is 39.2 Å². The highest BCUT2D eigenvalue weighted by Crippen LogP contribution is 2.40. The number of nitrogens with zero attached hydrogens (tertiary/aromatic N) is 3. The SMILES string of the molecule is Cc1[nH]cnc1C(=O)N[C@]1(C)CCOC2(CCN(Cc3ccn[nH]3)CC2)[C@H]1O.O=CO. The van der Waals surface area contributed by atoms with Crippen molar-refractivity contribution >= 4 is 12.4 Å². The number of hydrogen-bond donors (Lipinski definition) is 5. The highest BCUT2D eigenvalue weighted by atomic mass is 16.5. The number of aliphatic hydroxyl groups is 1. The lowest BCUT2D eigenvalue weighted by atomic mass is 9.73. The molecule has 4 heterocycles. The second-order valence-electron chi connectivity index (χ2n) is 8.28. The second-order valence-corrected chi connectivity index (χ2v) is 8.28. The van der Waals surface area contributed by atoms with E-state index < -0.39 is 17.2 Å². The van der Waals surface area contributed by atoms with Gasteiger partial charge in [0, 0.05) is 43.8 Å². The van der Waals surface area contributed by atoms with Crippen LogP contribution in [-0.2, 0) is 16.1 Å². The average Bonchev–Trinajstić information content (AvgIpc) is 3.40. The molecule has 0 saturated carbocycles. The van der Waals surface area contributed by atoms with Crippen LogP contribution in [-0.4, -0.2) is 84.6 Å². The summed E-state index contributed by atoms with van der Waals surface area (Å²) in [4.78, 5) is 30.4. The molecule has 2 aromatic heterocycles. The van der Waals surface area contributed by atoms with Crippen molar-refractivity contribution in [3.63, 3.8) is 0 Å². The van der Waals surface area contributed by atoms with Gasteiger partial charge in [-0.15, -0.1) is 0 Å². The Bertz CT molecular complexity index is 861. The van der Waals surface area contributed by atoms with Crippen LogP contribution in [0.5, 0.6) is 0 Å². The zero-order valence-corrected chi connectivity index (χ0v) is 17.8. The number of carbonyl (C=O) groups is 2. The Morgan fingerprint density at radius 1 is 1.42 bits per heavy atom. The topological polar surface area (TPSA) is 156 Å². The molecular weight excluding hydrogens is 404 g/mol. The number of amides is 1. The van der Waals surface area contributed by atoms with Crippen LogP contribution in [0.15, 0.2) is 18.6 Å².